The van der Waals surface area contributed by atoms with Crippen LogP contribution in [0.4, 0.5) is 0 Å². The van der Waals surface area contributed by atoms with Crippen LogP contribution in [-0.2, 0) is 18.4 Å². The quantitative estimate of drug-likeness (QED) is 0.662. The van der Waals surface area contributed by atoms with Gasteiger partial charge in [-0.3, -0.25) is 19.2 Å². The molecule has 0 aliphatic carbocycles. The Labute approximate surface area is 208 Å². The number of piperidine rings is 3. The first-order valence-corrected chi connectivity index (χ1v) is 13.4. The van der Waals surface area contributed by atoms with Gasteiger partial charge in [-0.2, -0.15) is 5.10 Å². The molecule has 0 unspecified atom stereocenters. The van der Waals surface area contributed by atoms with E-state index < -0.39 is 0 Å². The predicted molar refractivity (Wildman–Crippen MR) is 136 cm³/mol. The van der Waals surface area contributed by atoms with Crippen molar-refractivity contribution in [3.63, 3.8) is 0 Å². The van der Waals surface area contributed by atoms with E-state index in [1.165, 1.54) is 38.8 Å². The fourth-order valence-electron chi connectivity index (χ4n) is 6.77. The van der Waals surface area contributed by atoms with Crippen LogP contribution in [0, 0.1) is 18.8 Å². The Hall–Kier alpha value is -2.67. The average Bonchev–Trinajstić information content (AvgIpc) is 3.22. The molecule has 3 saturated heterocycles. The molecule has 0 spiro atoms. The molecular weight excluding hydrogens is 438 g/mol. The third-order valence-electron chi connectivity index (χ3n) is 8.50. The standard InChI is InChI=1S/C28H39N5O2/c1-20-17-24(30-31(20)2)28(35)33-19-22-11-7-15-32-16-8-12-23(27(22)32)25(33)13-6-14-26(34)29-18-21-9-4-3-5-10-21/h3-5,9-10,17,22-23,25,27H,6-8,11-16,18-19H2,1-2H3,(H,29,34)/t22-,23+,25+,27-/m0/s1. The monoisotopic (exact) mass is 477 g/mol. The maximum absolute atomic E-state index is 13.7. The van der Waals surface area contributed by atoms with Crippen molar-refractivity contribution in [2.45, 2.75) is 70.5 Å². The number of carbonyl (C=O) groups excluding carboxylic acids is 2. The summed E-state index contributed by atoms with van der Waals surface area (Å²) in [5.41, 5.74) is 2.66. The second-order valence-corrected chi connectivity index (χ2v) is 10.7. The minimum atomic E-state index is 0.0633. The second-order valence-electron chi connectivity index (χ2n) is 10.7. The van der Waals surface area contributed by atoms with Crippen molar-refractivity contribution in [3.05, 3.63) is 53.3 Å². The summed E-state index contributed by atoms with van der Waals surface area (Å²) in [4.78, 5) is 31.1. The SMILES string of the molecule is Cc1cc(C(=O)N2C[C@@H]3CCCN4CCC[C@@H]([C@H]34)[C@H]2CCCC(=O)NCc2ccccc2)nn1C. The Morgan fingerprint density at radius 1 is 1.11 bits per heavy atom. The van der Waals surface area contributed by atoms with Crippen LogP contribution >= 0.6 is 0 Å². The summed E-state index contributed by atoms with van der Waals surface area (Å²) >= 11 is 0. The van der Waals surface area contributed by atoms with E-state index in [9.17, 15) is 9.59 Å². The first-order chi connectivity index (χ1) is 17.0. The third-order valence-corrected chi connectivity index (χ3v) is 8.50. The van der Waals surface area contributed by atoms with Gasteiger partial charge in [-0.25, -0.2) is 0 Å². The first-order valence-electron chi connectivity index (χ1n) is 13.4. The molecule has 1 aromatic heterocycles. The van der Waals surface area contributed by atoms with Gasteiger partial charge in [-0.05, 0) is 82.0 Å². The van der Waals surface area contributed by atoms with Crippen molar-refractivity contribution in [1.29, 1.82) is 0 Å². The zero-order valence-electron chi connectivity index (χ0n) is 21.2. The van der Waals surface area contributed by atoms with Crippen LogP contribution in [-0.4, -0.2) is 63.1 Å². The topological polar surface area (TPSA) is 70.5 Å². The molecule has 2 amide bonds. The number of rotatable bonds is 7. The molecule has 3 aliphatic heterocycles. The number of hydrogen-bond donors (Lipinski definition) is 1. The smallest absolute Gasteiger partial charge is 0.274 e. The highest BCUT2D eigenvalue weighted by molar-refractivity contribution is 5.92. The summed E-state index contributed by atoms with van der Waals surface area (Å²) in [6, 6.07) is 12.7. The molecule has 188 valence electrons. The van der Waals surface area contributed by atoms with E-state index in [0.29, 0.717) is 36.5 Å². The van der Waals surface area contributed by atoms with E-state index in [4.69, 9.17) is 0 Å². The van der Waals surface area contributed by atoms with Gasteiger partial charge in [0.05, 0.1) is 0 Å². The van der Waals surface area contributed by atoms with Crippen LogP contribution in [0.1, 0.15) is 66.7 Å². The molecule has 4 atom stereocenters. The number of amides is 2. The fraction of sp³-hybridized carbons (Fsp3) is 0.607. The highest BCUT2D eigenvalue weighted by Gasteiger charge is 2.49. The summed E-state index contributed by atoms with van der Waals surface area (Å²) in [6.07, 6.45) is 6.98. The van der Waals surface area contributed by atoms with Crippen molar-refractivity contribution in [3.8, 4) is 0 Å². The largest absolute Gasteiger partial charge is 0.352 e. The molecule has 35 heavy (non-hydrogen) atoms. The van der Waals surface area contributed by atoms with Crippen LogP contribution in [0.3, 0.4) is 0 Å². The molecule has 7 heteroatoms. The maximum atomic E-state index is 13.7. The number of carbonyl (C=O) groups is 2. The lowest BCUT2D eigenvalue weighted by Gasteiger charge is -2.57. The Morgan fingerprint density at radius 2 is 1.89 bits per heavy atom. The molecule has 5 rings (SSSR count). The van der Waals surface area contributed by atoms with Gasteiger partial charge in [0.1, 0.15) is 0 Å². The summed E-state index contributed by atoms with van der Waals surface area (Å²) in [7, 11) is 1.89. The minimum Gasteiger partial charge on any atom is -0.352 e. The molecule has 7 nitrogen and oxygen atoms in total. The van der Waals surface area contributed by atoms with E-state index in [1.54, 1.807) is 4.68 Å². The zero-order valence-corrected chi connectivity index (χ0v) is 21.2. The number of nitrogens with zero attached hydrogens (tertiary/aromatic N) is 4. The Bertz CT molecular complexity index is 1010. The Balaban J connectivity index is 1.28. The van der Waals surface area contributed by atoms with E-state index in [2.05, 4.69) is 20.2 Å². The molecule has 4 heterocycles. The molecule has 0 radical (unpaired) electrons. The van der Waals surface area contributed by atoms with Gasteiger partial charge in [0.25, 0.3) is 5.91 Å². The van der Waals surface area contributed by atoms with Gasteiger partial charge < -0.3 is 10.2 Å². The van der Waals surface area contributed by atoms with E-state index >= 15 is 0 Å². The van der Waals surface area contributed by atoms with Gasteiger partial charge >= 0.3 is 0 Å². The average molecular weight is 478 g/mol. The number of hydrogen-bond acceptors (Lipinski definition) is 4. The van der Waals surface area contributed by atoms with Crippen molar-refractivity contribution in [1.82, 2.24) is 24.9 Å². The van der Waals surface area contributed by atoms with E-state index in [-0.39, 0.29) is 17.9 Å². The van der Waals surface area contributed by atoms with Gasteiger partial charge in [-0.1, -0.05) is 30.3 Å². The zero-order chi connectivity index (χ0) is 24.4. The van der Waals surface area contributed by atoms with Crippen molar-refractivity contribution in [2.75, 3.05) is 19.6 Å². The number of aromatic nitrogens is 2. The lowest BCUT2D eigenvalue weighted by atomic mass is 9.69. The fourth-order valence-corrected chi connectivity index (χ4v) is 6.77. The number of likely N-dealkylation sites (tertiary alicyclic amines) is 1. The molecule has 2 aromatic rings. The van der Waals surface area contributed by atoms with E-state index in [1.807, 2.05) is 50.4 Å². The van der Waals surface area contributed by atoms with Gasteiger partial charge in [0.15, 0.2) is 5.69 Å². The molecule has 3 aliphatic rings. The van der Waals surface area contributed by atoms with Crippen LogP contribution in [0.2, 0.25) is 0 Å². The van der Waals surface area contributed by atoms with Crippen LogP contribution in [0.5, 0.6) is 0 Å². The molecule has 3 fully saturated rings. The molecule has 1 N–H and O–H groups in total. The van der Waals surface area contributed by atoms with Gasteiger partial charge in [0, 0.05) is 44.3 Å². The Morgan fingerprint density at radius 3 is 2.63 bits per heavy atom. The molecule has 0 bridgehead atoms. The number of benzene rings is 1. The molecule has 0 saturated carbocycles. The highest BCUT2D eigenvalue weighted by Crippen LogP contribution is 2.43. The predicted octanol–water partition coefficient (Wildman–Crippen LogP) is 3.53. The van der Waals surface area contributed by atoms with Gasteiger partial charge in [-0.15, -0.1) is 0 Å². The van der Waals surface area contributed by atoms with Crippen LogP contribution in [0.15, 0.2) is 36.4 Å². The van der Waals surface area contributed by atoms with Crippen LogP contribution in [0.25, 0.3) is 0 Å². The van der Waals surface area contributed by atoms with Crippen LogP contribution < -0.4 is 5.32 Å². The van der Waals surface area contributed by atoms with Crippen molar-refractivity contribution >= 4 is 11.8 Å². The lowest BCUT2D eigenvalue weighted by molar-refractivity contribution is -0.121. The number of aryl methyl sites for hydroxylation is 2. The van der Waals surface area contributed by atoms with E-state index in [0.717, 1.165) is 30.6 Å². The first kappa shape index (κ1) is 24.0. The Kier molecular flexibility index (Phi) is 7.23. The highest BCUT2D eigenvalue weighted by atomic mass is 16.2. The van der Waals surface area contributed by atoms with Crippen molar-refractivity contribution < 1.29 is 9.59 Å². The molecule has 1 aromatic carbocycles. The normalized spacial score (nSPS) is 26.3. The third kappa shape index (κ3) is 5.15. The summed E-state index contributed by atoms with van der Waals surface area (Å²) in [5.74, 6) is 1.19. The summed E-state index contributed by atoms with van der Waals surface area (Å²) in [5, 5.41) is 7.57. The summed E-state index contributed by atoms with van der Waals surface area (Å²) < 4.78 is 1.79. The van der Waals surface area contributed by atoms with Gasteiger partial charge in [0.2, 0.25) is 5.91 Å². The lowest BCUT2D eigenvalue weighted by Crippen LogP contribution is -2.65. The minimum absolute atomic E-state index is 0.0633. The van der Waals surface area contributed by atoms with Crippen molar-refractivity contribution in [2.24, 2.45) is 18.9 Å². The maximum Gasteiger partial charge on any atom is 0.274 e. The second kappa shape index (κ2) is 10.5. The molecular formula is C28H39N5O2. The number of nitrogens with one attached hydrogen (secondary N) is 1. The summed E-state index contributed by atoms with van der Waals surface area (Å²) in [6.45, 7) is 5.76.